The van der Waals surface area contributed by atoms with Gasteiger partial charge in [0.2, 0.25) is 0 Å². The van der Waals surface area contributed by atoms with Crippen molar-refractivity contribution in [1.29, 1.82) is 0 Å². The van der Waals surface area contributed by atoms with Crippen LogP contribution in [0.25, 0.3) is 0 Å². The van der Waals surface area contributed by atoms with E-state index in [0.29, 0.717) is 0 Å². The fourth-order valence-electron chi connectivity index (χ4n) is 2.81. The van der Waals surface area contributed by atoms with Crippen molar-refractivity contribution in [2.75, 3.05) is 0 Å². The van der Waals surface area contributed by atoms with E-state index in [-0.39, 0.29) is 5.54 Å². The first-order valence-electron chi connectivity index (χ1n) is 6.68. The topological polar surface area (TPSA) is 46.2 Å². The second-order valence-electron chi connectivity index (χ2n) is 5.56. The van der Waals surface area contributed by atoms with Gasteiger partial charge in [0.05, 0.1) is 5.54 Å². The van der Waals surface area contributed by atoms with Gasteiger partial charge in [-0.25, -0.2) is 0 Å². The Morgan fingerprint density at radius 1 is 0.750 bits per heavy atom. The zero-order chi connectivity index (χ0) is 11.5. The molecule has 0 amide bonds. The molecule has 0 radical (unpaired) electrons. The Morgan fingerprint density at radius 2 is 1.25 bits per heavy atom. The van der Waals surface area contributed by atoms with E-state index in [4.69, 9.17) is 5.73 Å². The molecule has 2 aliphatic carbocycles. The van der Waals surface area contributed by atoms with E-state index in [9.17, 15) is 5.11 Å². The molecule has 3 N–H and O–H groups in total. The molecule has 2 heteroatoms. The van der Waals surface area contributed by atoms with Gasteiger partial charge in [-0.1, -0.05) is 37.5 Å². The molecule has 0 saturated heterocycles. The van der Waals surface area contributed by atoms with Gasteiger partial charge in [0.15, 0.2) is 0 Å². The van der Waals surface area contributed by atoms with Gasteiger partial charge in [0.1, 0.15) is 5.60 Å². The highest BCUT2D eigenvalue weighted by Crippen LogP contribution is 2.29. The van der Waals surface area contributed by atoms with Gasteiger partial charge in [0, 0.05) is 0 Å². The molecule has 0 heterocycles. The van der Waals surface area contributed by atoms with Crippen molar-refractivity contribution in [2.45, 2.75) is 75.3 Å². The lowest BCUT2D eigenvalue weighted by atomic mass is 9.80. The monoisotopic (exact) mass is 221 g/mol. The van der Waals surface area contributed by atoms with Gasteiger partial charge in [0.25, 0.3) is 0 Å². The minimum atomic E-state index is -0.734. The van der Waals surface area contributed by atoms with Crippen LogP contribution >= 0.6 is 0 Å². The van der Waals surface area contributed by atoms with Crippen LogP contribution in [0.15, 0.2) is 0 Å². The normalized spacial score (nSPS) is 27.9. The zero-order valence-corrected chi connectivity index (χ0v) is 10.1. The molecule has 0 spiro atoms. The first-order valence-corrected chi connectivity index (χ1v) is 6.68. The van der Waals surface area contributed by atoms with Crippen LogP contribution in [0.3, 0.4) is 0 Å². The highest BCUT2D eigenvalue weighted by atomic mass is 16.3. The summed E-state index contributed by atoms with van der Waals surface area (Å²) < 4.78 is 0. The van der Waals surface area contributed by atoms with Gasteiger partial charge in [-0.15, -0.1) is 0 Å². The van der Waals surface area contributed by atoms with E-state index >= 15 is 0 Å². The van der Waals surface area contributed by atoms with Crippen LogP contribution in [0.5, 0.6) is 0 Å². The Hall–Kier alpha value is -0.520. The standard InChI is InChI=1S/C14H23NO/c15-13(7-3-1-4-8-13)11-12-14(16)9-5-2-6-10-14/h16H,1-10,15H2. The summed E-state index contributed by atoms with van der Waals surface area (Å²) in [5, 5.41) is 10.3. The molecule has 0 unspecified atom stereocenters. The second kappa shape index (κ2) is 4.77. The van der Waals surface area contributed by atoms with Crippen molar-refractivity contribution < 1.29 is 5.11 Å². The van der Waals surface area contributed by atoms with E-state index in [1.54, 1.807) is 0 Å². The predicted octanol–water partition coefficient (Wildman–Crippen LogP) is 2.35. The van der Waals surface area contributed by atoms with Gasteiger partial charge in [-0.3, -0.25) is 0 Å². The first kappa shape index (κ1) is 12.0. The fourth-order valence-corrected chi connectivity index (χ4v) is 2.81. The van der Waals surface area contributed by atoms with Crippen LogP contribution in [-0.4, -0.2) is 16.2 Å². The van der Waals surface area contributed by atoms with Crippen LogP contribution in [0.4, 0.5) is 0 Å². The van der Waals surface area contributed by atoms with Crippen molar-refractivity contribution in [3.63, 3.8) is 0 Å². The van der Waals surface area contributed by atoms with Crippen LogP contribution < -0.4 is 5.73 Å². The number of rotatable bonds is 0. The van der Waals surface area contributed by atoms with Gasteiger partial charge in [-0.2, -0.15) is 0 Å². The number of nitrogens with two attached hydrogens (primary N) is 1. The van der Waals surface area contributed by atoms with Gasteiger partial charge >= 0.3 is 0 Å². The molecule has 2 fully saturated rings. The lowest BCUT2D eigenvalue weighted by molar-refractivity contribution is 0.0606. The van der Waals surface area contributed by atoms with Crippen molar-refractivity contribution in [3.05, 3.63) is 0 Å². The lowest BCUT2D eigenvalue weighted by Crippen LogP contribution is -2.41. The molecular weight excluding hydrogens is 198 g/mol. The highest BCUT2D eigenvalue weighted by Gasteiger charge is 2.29. The summed E-state index contributed by atoms with van der Waals surface area (Å²) in [6, 6.07) is 0. The lowest BCUT2D eigenvalue weighted by Gasteiger charge is -2.30. The van der Waals surface area contributed by atoms with E-state index in [1.807, 2.05) is 0 Å². The summed E-state index contributed by atoms with van der Waals surface area (Å²) in [6.07, 6.45) is 10.7. The molecule has 0 atom stereocenters. The maximum atomic E-state index is 10.3. The van der Waals surface area contributed by atoms with Crippen molar-refractivity contribution >= 4 is 0 Å². The highest BCUT2D eigenvalue weighted by molar-refractivity contribution is 5.23. The quantitative estimate of drug-likeness (QED) is 0.617. The first-order chi connectivity index (χ1) is 7.62. The molecule has 16 heavy (non-hydrogen) atoms. The third-order valence-corrected chi connectivity index (χ3v) is 3.97. The molecule has 2 aliphatic rings. The summed E-state index contributed by atoms with van der Waals surface area (Å²) in [6.45, 7) is 0. The summed E-state index contributed by atoms with van der Waals surface area (Å²) in [5.41, 5.74) is 5.20. The number of aliphatic hydroxyl groups is 1. The Balaban J connectivity index is 2.01. The Morgan fingerprint density at radius 3 is 1.81 bits per heavy atom. The van der Waals surface area contributed by atoms with Crippen LogP contribution in [0.1, 0.15) is 64.2 Å². The average Bonchev–Trinajstić information content (AvgIpc) is 2.29. The molecule has 0 aromatic heterocycles. The molecule has 0 aliphatic heterocycles. The third-order valence-electron chi connectivity index (χ3n) is 3.97. The number of hydrogen-bond acceptors (Lipinski definition) is 2. The van der Waals surface area contributed by atoms with Crippen molar-refractivity contribution in [2.24, 2.45) is 5.73 Å². The molecule has 2 saturated carbocycles. The predicted molar refractivity (Wildman–Crippen MR) is 65.8 cm³/mol. The van der Waals surface area contributed by atoms with E-state index in [0.717, 1.165) is 38.5 Å². The van der Waals surface area contributed by atoms with Crippen molar-refractivity contribution in [1.82, 2.24) is 0 Å². The maximum absolute atomic E-state index is 10.3. The van der Waals surface area contributed by atoms with Gasteiger partial charge < -0.3 is 10.8 Å². The largest absolute Gasteiger partial charge is 0.378 e. The van der Waals surface area contributed by atoms with E-state index in [2.05, 4.69) is 11.8 Å². The third kappa shape index (κ3) is 2.99. The Bertz CT molecular complexity index is 260. The second-order valence-corrected chi connectivity index (χ2v) is 5.56. The molecule has 2 rings (SSSR count). The smallest absolute Gasteiger partial charge is 0.125 e. The molecule has 0 bridgehead atoms. The summed E-state index contributed by atoms with van der Waals surface area (Å²) in [4.78, 5) is 0. The fraction of sp³-hybridized carbons (Fsp3) is 0.857. The van der Waals surface area contributed by atoms with Crippen molar-refractivity contribution in [3.8, 4) is 11.8 Å². The average molecular weight is 221 g/mol. The molecular formula is C14H23NO. The molecule has 0 aromatic carbocycles. The Labute approximate surface area is 98.6 Å². The minimum absolute atomic E-state index is 0.314. The molecule has 2 nitrogen and oxygen atoms in total. The molecule has 0 aromatic rings. The zero-order valence-electron chi connectivity index (χ0n) is 10.1. The van der Waals surface area contributed by atoms with Crippen LogP contribution in [0, 0.1) is 11.8 Å². The summed E-state index contributed by atoms with van der Waals surface area (Å²) >= 11 is 0. The summed E-state index contributed by atoms with van der Waals surface area (Å²) in [7, 11) is 0. The SMILES string of the molecule is NC1(C#CC2(O)CCCCC2)CCCCC1. The molecule has 90 valence electrons. The van der Waals surface area contributed by atoms with Crippen LogP contribution in [0.2, 0.25) is 0 Å². The van der Waals surface area contributed by atoms with Crippen LogP contribution in [-0.2, 0) is 0 Å². The number of hydrogen-bond donors (Lipinski definition) is 2. The van der Waals surface area contributed by atoms with Gasteiger partial charge in [-0.05, 0) is 38.5 Å². The summed E-state index contributed by atoms with van der Waals surface area (Å²) in [5.74, 6) is 6.27. The van der Waals surface area contributed by atoms with E-state index < -0.39 is 5.60 Å². The Kier molecular flexibility index (Phi) is 3.56. The van der Waals surface area contributed by atoms with E-state index in [1.165, 1.54) is 25.7 Å². The maximum Gasteiger partial charge on any atom is 0.125 e. The minimum Gasteiger partial charge on any atom is -0.378 e.